The summed E-state index contributed by atoms with van der Waals surface area (Å²) < 4.78 is 63.3. The molecular formula is C34H31F4N7O2. The number of alkyl halides is 3. The molecule has 2 fully saturated rings. The highest BCUT2D eigenvalue weighted by atomic mass is 19.3. The van der Waals surface area contributed by atoms with Crippen LogP contribution in [0.2, 0.25) is 0 Å². The summed E-state index contributed by atoms with van der Waals surface area (Å²) in [5.41, 5.74) is 1.52. The van der Waals surface area contributed by atoms with E-state index in [1.807, 2.05) is 37.3 Å². The molecule has 9 nitrogen and oxygen atoms in total. The smallest absolute Gasteiger partial charge is 0.319 e. The molecule has 4 aromatic rings. The maximum absolute atomic E-state index is 16.7. The molecule has 2 aliphatic rings. The summed E-state index contributed by atoms with van der Waals surface area (Å²) in [7, 11) is 1.58. The Bertz CT molecular complexity index is 1950. The fourth-order valence-corrected chi connectivity index (χ4v) is 6.43. The van der Waals surface area contributed by atoms with Gasteiger partial charge in [0.15, 0.2) is 12.5 Å². The van der Waals surface area contributed by atoms with Crippen molar-refractivity contribution in [1.29, 1.82) is 5.26 Å². The molecule has 1 amide bonds. The van der Waals surface area contributed by atoms with E-state index in [4.69, 9.17) is 4.74 Å². The number of ether oxygens (including phenoxy) is 1. The molecule has 2 atom stereocenters. The lowest BCUT2D eigenvalue weighted by Gasteiger charge is -2.40. The lowest BCUT2D eigenvalue weighted by Crippen LogP contribution is -2.55. The van der Waals surface area contributed by atoms with E-state index in [2.05, 4.69) is 32.9 Å². The van der Waals surface area contributed by atoms with Crippen LogP contribution < -0.4 is 9.64 Å². The van der Waals surface area contributed by atoms with Gasteiger partial charge in [0.05, 0.1) is 30.5 Å². The normalized spacial score (nSPS) is 19.4. The van der Waals surface area contributed by atoms with Gasteiger partial charge in [-0.25, -0.2) is 17.6 Å². The van der Waals surface area contributed by atoms with Crippen LogP contribution in [0, 0.1) is 35.9 Å². The number of pyridine rings is 1. The molecular weight excluding hydrogens is 614 g/mol. The SMILES string of the molecule is Cc1cccc2cccc(-c3ncc4c(N5CCN(C(=O)C#CCF)[C@@H](CC#N)C5)nc(OC[C@@H]5CC(F)(F)CN5C)nc4c3F)c12. The zero-order chi connectivity index (χ0) is 33.3. The molecule has 6 rings (SSSR count). The Morgan fingerprint density at radius 3 is 2.66 bits per heavy atom. The number of amides is 1. The average molecular weight is 646 g/mol. The van der Waals surface area contributed by atoms with Gasteiger partial charge < -0.3 is 14.5 Å². The third-order valence-corrected chi connectivity index (χ3v) is 8.69. The van der Waals surface area contributed by atoms with Gasteiger partial charge in [-0.15, -0.1) is 0 Å². The van der Waals surface area contributed by atoms with E-state index >= 15 is 4.39 Å². The number of carbonyl (C=O) groups is 1. The predicted molar refractivity (Wildman–Crippen MR) is 168 cm³/mol. The van der Waals surface area contributed by atoms with E-state index in [1.54, 1.807) is 18.0 Å². The Labute approximate surface area is 268 Å². The van der Waals surface area contributed by atoms with Crippen molar-refractivity contribution >= 4 is 33.4 Å². The maximum atomic E-state index is 16.7. The molecule has 0 radical (unpaired) electrons. The zero-order valence-corrected chi connectivity index (χ0v) is 25.8. The number of carbonyl (C=O) groups excluding carboxylic acids is 1. The minimum atomic E-state index is -2.86. The van der Waals surface area contributed by atoms with Gasteiger partial charge >= 0.3 is 6.01 Å². The van der Waals surface area contributed by atoms with Crippen LogP contribution in [0.4, 0.5) is 23.4 Å². The van der Waals surface area contributed by atoms with Crippen LogP contribution in [-0.4, -0.2) is 95.2 Å². The third-order valence-electron chi connectivity index (χ3n) is 8.69. The number of likely N-dealkylation sites (N-methyl/N-ethyl adjacent to an activating group) is 1. The second kappa shape index (κ2) is 13.0. The monoisotopic (exact) mass is 645 g/mol. The summed E-state index contributed by atoms with van der Waals surface area (Å²) in [6.45, 7) is 0.900. The van der Waals surface area contributed by atoms with Gasteiger partial charge in [0, 0.05) is 43.9 Å². The van der Waals surface area contributed by atoms with Crippen molar-refractivity contribution in [2.75, 3.05) is 51.4 Å². The van der Waals surface area contributed by atoms with Crippen molar-refractivity contribution in [3.8, 4) is 35.2 Å². The molecule has 2 aliphatic heterocycles. The van der Waals surface area contributed by atoms with E-state index < -0.39 is 49.4 Å². The number of aryl methyl sites for hydroxylation is 1. The Morgan fingerprint density at radius 2 is 1.94 bits per heavy atom. The predicted octanol–water partition coefficient (Wildman–Crippen LogP) is 4.91. The molecule has 0 unspecified atom stereocenters. The summed E-state index contributed by atoms with van der Waals surface area (Å²) >= 11 is 0. The standard InChI is InChI=1S/C34H31F4N7O2/c1-21-6-3-7-22-8-4-9-25(28(21)22)30-29(36)31-26(17-40-30)32(42-33(41-31)47-19-24-16-34(37,38)20-43(24)2)44-14-15-45(23(18-44)11-13-39)27(46)10-5-12-35/h3-4,6-9,17,23-24H,11-12,14-16,18-20H2,1-2H3/t23-,24-/m0/s1. The second-order valence-corrected chi connectivity index (χ2v) is 11.8. The number of anilines is 1. The first-order valence-corrected chi connectivity index (χ1v) is 15.1. The summed E-state index contributed by atoms with van der Waals surface area (Å²) in [4.78, 5) is 30.9. The minimum absolute atomic E-state index is 0.0364. The summed E-state index contributed by atoms with van der Waals surface area (Å²) in [6.07, 6.45) is 1.05. The molecule has 0 aliphatic carbocycles. The van der Waals surface area contributed by atoms with Gasteiger partial charge in [0.25, 0.3) is 11.8 Å². The topological polar surface area (TPSA) is 98.5 Å². The number of fused-ring (bicyclic) bond motifs is 2. The number of piperazine rings is 1. The zero-order valence-electron chi connectivity index (χ0n) is 25.8. The Morgan fingerprint density at radius 1 is 1.15 bits per heavy atom. The van der Waals surface area contributed by atoms with Crippen molar-refractivity contribution in [3.05, 3.63) is 54.0 Å². The van der Waals surface area contributed by atoms with E-state index in [0.717, 1.165) is 16.3 Å². The molecule has 0 saturated carbocycles. The van der Waals surface area contributed by atoms with E-state index in [1.165, 1.54) is 16.0 Å². The molecule has 0 N–H and O–H groups in total. The number of benzene rings is 2. The molecule has 13 heteroatoms. The van der Waals surface area contributed by atoms with Crippen LogP contribution in [0.1, 0.15) is 18.4 Å². The van der Waals surface area contributed by atoms with Gasteiger partial charge in [-0.05, 0) is 36.2 Å². The van der Waals surface area contributed by atoms with Crippen LogP contribution >= 0.6 is 0 Å². The number of hydrogen-bond acceptors (Lipinski definition) is 8. The fraction of sp³-hybridized carbons (Fsp3) is 0.382. The fourth-order valence-electron chi connectivity index (χ4n) is 6.43. The third kappa shape index (κ3) is 6.36. The number of aromatic nitrogens is 3. The van der Waals surface area contributed by atoms with Crippen LogP contribution in [0.5, 0.6) is 6.01 Å². The van der Waals surface area contributed by atoms with Crippen LogP contribution in [0.3, 0.4) is 0 Å². The summed E-state index contributed by atoms with van der Waals surface area (Å²) in [5, 5.41) is 11.5. The highest BCUT2D eigenvalue weighted by Gasteiger charge is 2.43. The lowest BCUT2D eigenvalue weighted by atomic mass is 9.97. The van der Waals surface area contributed by atoms with Crippen LogP contribution in [-0.2, 0) is 4.79 Å². The first kappa shape index (κ1) is 32.0. The van der Waals surface area contributed by atoms with Gasteiger partial charge in [0.2, 0.25) is 0 Å². The Hall–Kier alpha value is -5.01. The number of hydrogen-bond donors (Lipinski definition) is 0. The molecule has 2 aromatic carbocycles. The van der Waals surface area contributed by atoms with E-state index in [-0.39, 0.29) is 61.1 Å². The number of halogens is 4. The molecule has 0 bridgehead atoms. The Kier molecular flexibility index (Phi) is 8.84. The maximum Gasteiger partial charge on any atom is 0.319 e. The number of likely N-dealkylation sites (tertiary alicyclic amines) is 1. The summed E-state index contributed by atoms with van der Waals surface area (Å²) in [6, 6.07) is 12.0. The van der Waals surface area contributed by atoms with Gasteiger partial charge in [-0.3, -0.25) is 14.7 Å². The molecule has 47 heavy (non-hydrogen) atoms. The van der Waals surface area contributed by atoms with Crippen LogP contribution in [0.15, 0.2) is 42.6 Å². The Balaban J connectivity index is 1.43. The van der Waals surface area contributed by atoms with Gasteiger partial charge in [0.1, 0.15) is 23.6 Å². The highest BCUT2D eigenvalue weighted by Crippen LogP contribution is 2.37. The number of nitrogens with zero attached hydrogens (tertiary/aromatic N) is 7. The lowest BCUT2D eigenvalue weighted by molar-refractivity contribution is -0.127. The van der Waals surface area contributed by atoms with Crippen molar-refractivity contribution in [2.24, 2.45) is 0 Å². The molecule has 242 valence electrons. The van der Waals surface area contributed by atoms with E-state index in [9.17, 15) is 23.2 Å². The quantitative estimate of drug-likeness (QED) is 0.216. The molecule has 4 heterocycles. The number of rotatable bonds is 6. The largest absolute Gasteiger partial charge is 0.462 e. The van der Waals surface area contributed by atoms with Gasteiger partial charge in [-0.2, -0.15) is 15.2 Å². The minimum Gasteiger partial charge on any atom is -0.462 e. The van der Waals surface area contributed by atoms with Gasteiger partial charge in [-0.1, -0.05) is 42.3 Å². The first-order valence-electron chi connectivity index (χ1n) is 15.1. The van der Waals surface area contributed by atoms with Crippen LogP contribution in [0.25, 0.3) is 32.9 Å². The van der Waals surface area contributed by atoms with Crippen molar-refractivity contribution < 1.29 is 27.1 Å². The molecule has 0 spiro atoms. The van der Waals surface area contributed by atoms with Crippen molar-refractivity contribution in [3.63, 3.8) is 0 Å². The number of nitriles is 1. The summed E-state index contributed by atoms with van der Waals surface area (Å²) in [5.74, 6) is 0.471. The average Bonchev–Trinajstić information content (AvgIpc) is 3.33. The molecule has 2 saturated heterocycles. The molecule has 2 aromatic heterocycles. The van der Waals surface area contributed by atoms with Crippen molar-refractivity contribution in [2.45, 2.75) is 37.8 Å². The van der Waals surface area contributed by atoms with E-state index in [0.29, 0.717) is 5.56 Å². The second-order valence-electron chi connectivity index (χ2n) is 11.8. The highest BCUT2D eigenvalue weighted by molar-refractivity contribution is 6.00. The first-order chi connectivity index (χ1) is 22.6. The van der Waals surface area contributed by atoms with Crippen molar-refractivity contribution in [1.82, 2.24) is 24.8 Å².